The molecule has 0 saturated carbocycles. The van der Waals surface area contributed by atoms with Gasteiger partial charge < -0.3 is 15.0 Å². The molecule has 0 heterocycles. The second-order valence-electron chi connectivity index (χ2n) is 7.21. The molecule has 0 radical (unpaired) electrons. The van der Waals surface area contributed by atoms with Crippen LogP contribution in [0.25, 0.3) is 0 Å². The number of carbonyl (C=O) groups excluding carboxylic acids is 2. The van der Waals surface area contributed by atoms with Crippen LogP contribution in [0.4, 0.5) is 0 Å². The third-order valence-electron chi connectivity index (χ3n) is 4.92. The number of para-hydroxylation sites is 1. The molecule has 1 N–H and O–H groups in total. The maximum absolute atomic E-state index is 13.3. The SMILES string of the molecule is CCNC(=O)C(Cc1ccccc1)N(Cc1ccccc1)C(=O)COc1ccccc1. The molecule has 0 bridgehead atoms. The number of likely N-dealkylation sites (N-methyl/N-ethyl adjacent to an activating group) is 1. The summed E-state index contributed by atoms with van der Waals surface area (Å²) in [6.07, 6.45) is 0.427. The molecule has 31 heavy (non-hydrogen) atoms. The molecule has 3 aromatic rings. The number of nitrogens with zero attached hydrogens (tertiary/aromatic N) is 1. The van der Waals surface area contributed by atoms with Gasteiger partial charge in [-0.05, 0) is 30.2 Å². The van der Waals surface area contributed by atoms with Gasteiger partial charge in [0.25, 0.3) is 5.91 Å². The van der Waals surface area contributed by atoms with Gasteiger partial charge in [-0.15, -0.1) is 0 Å². The number of ether oxygens (including phenoxy) is 1. The normalized spacial score (nSPS) is 11.4. The highest BCUT2D eigenvalue weighted by molar-refractivity contribution is 5.88. The third kappa shape index (κ3) is 6.71. The summed E-state index contributed by atoms with van der Waals surface area (Å²) in [5.41, 5.74) is 1.95. The Bertz CT molecular complexity index is 946. The van der Waals surface area contributed by atoms with Gasteiger partial charge in [-0.25, -0.2) is 0 Å². The van der Waals surface area contributed by atoms with Crippen molar-refractivity contribution in [3.8, 4) is 5.75 Å². The van der Waals surface area contributed by atoms with Gasteiger partial charge in [0.05, 0.1) is 0 Å². The van der Waals surface area contributed by atoms with Gasteiger partial charge >= 0.3 is 0 Å². The highest BCUT2D eigenvalue weighted by Crippen LogP contribution is 2.16. The fourth-order valence-electron chi connectivity index (χ4n) is 3.37. The lowest BCUT2D eigenvalue weighted by Crippen LogP contribution is -2.51. The molecule has 3 rings (SSSR count). The molecule has 0 saturated heterocycles. The molecule has 1 atom stereocenters. The van der Waals surface area contributed by atoms with Crippen molar-refractivity contribution >= 4 is 11.8 Å². The lowest BCUT2D eigenvalue weighted by atomic mass is 10.0. The van der Waals surface area contributed by atoms with Crippen LogP contribution in [0, 0.1) is 0 Å². The van der Waals surface area contributed by atoms with Crippen molar-refractivity contribution in [1.29, 1.82) is 0 Å². The van der Waals surface area contributed by atoms with E-state index in [1.54, 1.807) is 17.0 Å². The second-order valence-corrected chi connectivity index (χ2v) is 7.21. The first-order valence-electron chi connectivity index (χ1n) is 10.5. The summed E-state index contributed by atoms with van der Waals surface area (Å²) in [5, 5.41) is 2.89. The molecule has 0 aromatic heterocycles. The Morgan fingerprint density at radius 2 is 1.39 bits per heavy atom. The lowest BCUT2D eigenvalue weighted by Gasteiger charge is -2.31. The van der Waals surface area contributed by atoms with E-state index in [0.717, 1.165) is 11.1 Å². The zero-order valence-electron chi connectivity index (χ0n) is 17.7. The monoisotopic (exact) mass is 416 g/mol. The summed E-state index contributed by atoms with van der Waals surface area (Å²) < 4.78 is 5.70. The minimum atomic E-state index is -0.644. The molecule has 2 amide bonds. The van der Waals surface area contributed by atoms with Crippen LogP contribution in [-0.2, 0) is 22.6 Å². The van der Waals surface area contributed by atoms with Gasteiger partial charge in [0.2, 0.25) is 5.91 Å². The van der Waals surface area contributed by atoms with Crippen molar-refractivity contribution < 1.29 is 14.3 Å². The number of benzene rings is 3. The van der Waals surface area contributed by atoms with E-state index < -0.39 is 6.04 Å². The molecular weight excluding hydrogens is 388 g/mol. The average Bonchev–Trinajstić information content (AvgIpc) is 2.82. The Morgan fingerprint density at radius 1 is 0.839 bits per heavy atom. The molecule has 5 heteroatoms. The van der Waals surface area contributed by atoms with Crippen molar-refractivity contribution in [2.45, 2.75) is 25.9 Å². The first-order valence-corrected chi connectivity index (χ1v) is 10.5. The largest absolute Gasteiger partial charge is 0.484 e. The topological polar surface area (TPSA) is 58.6 Å². The summed E-state index contributed by atoms with van der Waals surface area (Å²) in [7, 11) is 0. The number of hydrogen-bond acceptors (Lipinski definition) is 3. The van der Waals surface area contributed by atoms with Crippen molar-refractivity contribution in [3.63, 3.8) is 0 Å². The predicted molar refractivity (Wildman–Crippen MR) is 122 cm³/mol. The fourth-order valence-corrected chi connectivity index (χ4v) is 3.37. The number of carbonyl (C=O) groups is 2. The van der Waals surface area contributed by atoms with Crippen LogP contribution in [0.2, 0.25) is 0 Å². The fraction of sp³-hybridized carbons (Fsp3) is 0.231. The number of hydrogen-bond donors (Lipinski definition) is 1. The van der Waals surface area contributed by atoms with Crippen molar-refractivity contribution in [1.82, 2.24) is 10.2 Å². The van der Waals surface area contributed by atoms with Gasteiger partial charge in [-0.1, -0.05) is 78.9 Å². The minimum absolute atomic E-state index is 0.137. The van der Waals surface area contributed by atoms with Gasteiger partial charge in [-0.3, -0.25) is 9.59 Å². The Balaban J connectivity index is 1.86. The van der Waals surface area contributed by atoms with Crippen LogP contribution in [0.5, 0.6) is 5.75 Å². The maximum Gasteiger partial charge on any atom is 0.261 e. The van der Waals surface area contributed by atoms with E-state index in [2.05, 4.69) is 5.32 Å². The number of nitrogens with one attached hydrogen (secondary N) is 1. The first-order chi connectivity index (χ1) is 15.2. The summed E-state index contributed by atoms with van der Waals surface area (Å²) in [6.45, 7) is 2.56. The van der Waals surface area contributed by atoms with E-state index in [4.69, 9.17) is 4.74 Å². The number of rotatable bonds is 10. The van der Waals surface area contributed by atoms with Gasteiger partial charge in [0.15, 0.2) is 6.61 Å². The van der Waals surface area contributed by atoms with Crippen LogP contribution in [0.1, 0.15) is 18.1 Å². The summed E-state index contributed by atoms with van der Waals surface area (Å²) in [4.78, 5) is 27.9. The van der Waals surface area contributed by atoms with Crippen molar-refractivity contribution in [3.05, 3.63) is 102 Å². The Labute approximate surface area is 183 Å². The molecule has 5 nitrogen and oxygen atoms in total. The lowest BCUT2D eigenvalue weighted by molar-refractivity contribution is -0.142. The zero-order chi connectivity index (χ0) is 21.9. The summed E-state index contributed by atoms with van der Waals surface area (Å²) >= 11 is 0. The Kier molecular flexibility index (Phi) is 8.23. The van der Waals surface area contributed by atoms with Crippen LogP contribution >= 0.6 is 0 Å². The molecule has 1 unspecified atom stereocenters. The number of amides is 2. The van der Waals surface area contributed by atoms with Crippen molar-refractivity contribution in [2.24, 2.45) is 0 Å². The quantitative estimate of drug-likeness (QED) is 0.546. The standard InChI is InChI=1S/C26H28N2O3/c1-2-27-26(30)24(18-21-12-6-3-7-13-21)28(19-22-14-8-4-9-15-22)25(29)20-31-23-16-10-5-11-17-23/h3-17,24H,2,18-20H2,1H3,(H,27,30). The van der Waals surface area contributed by atoms with Gasteiger partial charge in [0.1, 0.15) is 11.8 Å². The Morgan fingerprint density at radius 3 is 1.97 bits per heavy atom. The molecular formula is C26H28N2O3. The van der Waals surface area contributed by atoms with E-state index in [1.165, 1.54) is 0 Å². The highest BCUT2D eigenvalue weighted by atomic mass is 16.5. The van der Waals surface area contributed by atoms with E-state index >= 15 is 0 Å². The smallest absolute Gasteiger partial charge is 0.261 e. The van der Waals surface area contributed by atoms with Gasteiger partial charge in [-0.2, -0.15) is 0 Å². The summed E-state index contributed by atoms with van der Waals surface area (Å²) in [6, 6.07) is 28.0. The highest BCUT2D eigenvalue weighted by Gasteiger charge is 2.30. The van der Waals surface area contributed by atoms with Crippen LogP contribution < -0.4 is 10.1 Å². The molecule has 0 aliphatic heterocycles. The second kappa shape index (κ2) is 11.6. The molecule has 0 aliphatic carbocycles. The maximum atomic E-state index is 13.3. The van der Waals surface area contributed by atoms with Gasteiger partial charge in [0, 0.05) is 19.5 Å². The zero-order valence-corrected chi connectivity index (χ0v) is 17.7. The van der Waals surface area contributed by atoms with Crippen LogP contribution in [-0.4, -0.2) is 35.9 Å². The predicted octanol–water partition coefficient (Wildman–Crippen LogP) is 3.84. The van der Waals surface area contributed by atoms with E-state index in [9.17, 15) is 9.59 Å². The molecule has 3 aromatic carbocycles. The van der Waals surface area contributed by atoms with Crippen LogP contribution in [0.3, 0.4) is 0 Å². The van der Waals surface area contributed by atoms with Crippen molar-refractivity contribution in [2.75, 3.05) is 13.2 Å². The molecule has 0 fully saturated rings. The molecule has 0 spiro atoms. The average molecular weight is 417 g/mol. The van der Waals surface area contributed by atoms with E-state index in [-0.39, 0.29) is 18.4 Å². The van der Waals surface area contributed by atoms with E-state index in [0.29, 0.717) is 25.3 Å². The first kappa shape index (κ1) is 22.1. The van der Waals surface area contributed by atoms with Crippen LogP contribution in [0.15, 0.2) is 91.0 Å². The minimum Gasteiger partial charge on any atom is -0.484 e. The molecule has 160 valence electrons. The summed E-state index contributed by atoms with van der Waals surface area (Å²) in [5.74, 6) is 0.211. The van der Waals surface area contributed by atoms with E-state index in [1.807, 2.05) is 85.8 Å². The Hall–Kier alpha value is -3.60. The third-order valence-corrected chi connectivity index (χ3v) is 4.92. The molecule has 0 aliphatic rings.